The second-order valence-corrected chi connectivity index (χ2v) is 27.7. The van der Waals surface area contributed by atoms with Crippen molar-refractivity contribution in [1.82, 2.24) is 39.1 Å². The number of benzene rings is 6. The summed E-state index contributed by atoms with van der Waals surface area (Å²) < 4.78 is 55.9. The molecule has 4 aliphatic heterocycles. The minimum absolute atomic E-state index is 0.0454. The van der Waals surface area contributed by atoms with Gasteiger partial charge in [-0.05, 0) is 124 Å². The smallest absolute Gasteiger partial charge is 0.295 e. The molecule has 4 saturated heterocycles. The largest absolute Gasteiger partial charge is 0.380 e. The summed E-state index contributed by atoms with van der Waals surface area (Å²) in [6.07, 6.45) is 4.07. The van der Waals surface area contributed by atoms with Gasteiger partial charge in [-0.3, -0.25) is 47.8 Å². The molecule has 95 heavy (non-hydrogen) atoms. The van der Waals surface area contributed by atoms with Gasteiger partial charge in [-0.1, -0.05) is 83.9 Å². The maximum Gasteiger partial charge on any atom is 0.295 e. The number of methoxy groups -OCH3 is 2. The van der Waals surface area contributed by atoms with Crippen molar-refractivity contribution in [3.63, 3.8) is 0 Å². The van der Waals surface area contributed by atoms with Crippen molar-refractivity contribution in [3.8, 4) is 0 Å². The van der Waals surface area contributed by atoms with E-state index < -0.39 is 30.7 Å². The third-order valence-corrected chi connectivity index (χ3v) is 21.1. The number of hydrogen-bond donors (Lipinski definition) is 3. The predicted octanol–water partition coefficient (Wildman–Crippen LogP) is 9.24. The molecule has 4 fully saturated rings. The number of hydrogen-bond acceptors (Lipinski definition) is 14. The van der Waals surface area contributed by atoms with Crippen LogP contribution >= 0.6 is 30.6 Å². The van der Waals surface area contributed by atoms with Crippen LogP contribution in [0.4, 0.5) is 8.78 Å². The molecule has 0 unspecified atom stereocenters. The molecule has 0 radical (unpaired) electrons. The van der Waals surface area contributed by atoms with Crippen LogP contribution in [-0.4, -0.2) is 177 Å². The van der Waals surface area contributed by atoms with Gasteiger partial charge in [-0.2, -0.15) is 0 Å². The molecule has 500 valence electrons. The number of carbonyl (C=O) groups is 6. The van der Waals surface area contributed by atoms with E-state index in [4.69, 9.17) is 49.0 Å². The van der Waals surface area contributed by atoms with Gasteiger partial charge < -0.3 is 39.9 Å². The van der Waals surface area contributed by atoms with Gasteiger partial charge in [0, 0.05) is 143 Å². The number of nitrogens with zero attached hydrogens (tertiary/aromatic N) is 7. The van der Waals surface area contributed by atoms with Crippen molar-refractivity contribution in [3.05, 3.63) is 201 Å². The number of fused-ring (bicyclic) bond motifs is 2. The zero-order chi connectivity index (χ0) is 68.0. The second kappa shape index (κ2) is 30.3. The van der Waals surface area contributed by atoms with Gasteiger partial charge in [0.1, 0.15) is 11.6 Å². The molecule has 0 bridgehead atoms. The predicted molar refractivity (Wildman–Crippen MR) is 362 cm³/mol. The third-order valence-electron chi connectivity index (χ3n) is 18.3. The molecule has 0 spiro atoms. The summed E-state index contributed by atoms with van der Waals surface area (Å²) in [6, 6.07) is 37.1. The topological polar surface area (TPSA) is 239 Å². The lowest BCUT2D eigenvalue weighted by atomic mass is 10.0. The van der Waals surface area contributed by atoms with Crippen LogP contribution in [0.15, 0.2) is 146 Å². The number of aromatic amines is 1. The van der Waals surface area contributed by atoms with Crippen LogP contribution in [0.1, 0.15) is 93.1 Å². The van der Waals surface area contributed by atoms with E-state index in [1.165, 1.54) is 51.1 Å². The number of halogens is 4. The third kappa shape index (κ3) is 15.4. The number of Topliss-reactive ketones (excluding diaryl/α,β-unsaturated/α-hetero) is 2. The highest BCUT2D eigenvalue weighted by Crippen LogP contribution is 2.42. The Morgan fingerprint density at radius 1 is 0.558 bits per heavy atom. The zero-order valence-corrected chi connectivity index (χ0v) is 56.0. The maximum atomic E-state index is 13.8. The lowest BCUT2D eigenvalue weighted by Gasteiger charge is -2.44. The van der Waals surface area contributed by atoms with E-state index in [1.54, 1.807) is 96.8 Å². The number of piperazine rings is 2. The second-order valence-electron chi connectivity index (χ2n) is 24.6. The number of nitrogens with two attached hydrogens (primary N) is 2. The molecular formula is C70H77Cl2F2N10O10P. The van der Waals surface area contributed by atoms with Crippen molar-refractivity contribution < 1.29 is 56.2 Å². The fourth-order valence-electron chi connectivity index (χ4n) is 12.7. The molecule has 6 atom stereocenters. The van der Waals surface area contributed by atoms with Gasteiger partial charge >= 0.3 is 0 Å². The quantitative estimate of drug-likeness (QED) is 0.0285. The number of nitrogen functional groups attached to an aromatic ring is 1. The first-order valence-corrected chi connectivity index (χ1v) is 33.7. The molecule has 8 aromatic rings. The van der Waals surface area contributed by atoms with E-state index in [9.17, 15) is 42.1 Å². The van der Waals surface area contributed by atoms with E-state index in [-0.39, 0.29) is 92.1 Å². The SMILES string of the molecule is CO[C@@H]1CCN(C(=O)C(=O)c2c[nH]c3cc(Cl)c(C(=O)N4C[C@H](C)N(Cc5ccc(F)cc5)C[C@H]4C)cc23)C1.CO[C@@H]1CCN(C(=O)C(=O)c2cn(N)c3cc(Cl)c(C(=O)N4C[C@H](C)N(Cc5ccc(F)cc5)C[C@H]4C)cc23)C1.NOP(=O)(c1ccccc1)c1ccccc1. The first-order valence-electron chi connectivity index (χ1n) is 31.3. The number of carbonyl (C=O) groups excluding carboxylic acids is 6. The summed E-state index contributed by atoms with van der Waals surface area (Å²) in [5, 5.41) is 2.57. The normalized spacial score (nSPS) is 20.1. The fourth-order valence-corrected chi connectivity index (χ4v) is 14.9. The fraction of sp³-hybridized carbons (Fsp3) is 0.343. The van der Waals surface area contributed by atoms with E-state index in [0.29, 0.717) is 111 Å². The standard InChI is InChI=1S/C29H33ClFN5O4.C29H32ClFN4O4.C12H12NO2P/c1-17-13-35(18(2)12-34(17)14-19-4-6-20(31)7-5-19)28(38)23-10-22-24(16-36(32)26(22)11-25(23)30)27(37)29(39)33-9-8-21(15-33)40-3;1-17-14-35(18(2)13-34(17)15-19-4-6-20(31)7-5-19)28(37)23-10-22-24(12-32-26(22)11-25(23)30)27(36)29(38)33-9-8-21(16-33)39-3;13-15-16(14,11-7-3-1-4-8-11)12-9-5-2-6-10-12/h4-7,10-11,16-18,21H,8-9,12-15,32H2,1-3H3;4-7,10-12,17-18,21,32H,8-9,13-16H2,1-3H3;1-10H,13H2/t2*17-,18+,21+;/m00./s1. The maximum absolute atomic E-state index is 13.8. The molecule has 6 aromatic carbocycles. The van der Waals surface area contributed by atoms with Crippen LogP contribution in [0.5, 0.6) is 0 Å². The summed E-state index contributed by atoms with van der Waals surface area (Å²) in [6.45, 7) is 13.2. The number of rotatable bonds is 15. The van der Waals surface area contributed by atoms with Gasteiger partial charge in [0.25, 0.3) is 42.6 Å². The first-order chi connectivity index (χ1) is 45.5. The molecule has 4 amide bonds. The Kier molecular flexibility index (Phi) is 22.2. The van der Waals surface area contributed by atoms with Crippen LogP contribution in [-0.2, 0) is 41.3 Å². The van der Waals surface area contributed by atoms with Crippen molar-refractivity contribution in [2.45, 2.75) is 90.0 Å². The van der Waals surface area contributed by atoms with E-state index in [0.717, 1.165) is 11.1 Å². The monoisotopic (exact) mass is 1360 g/mol. The summed E-state index contributed by atoms with van der Waals surface area (Å²) in [7, 11) is 0.0467. The molecule has 0 saturated carbocycles. The van der Waals surface area contributed by atoms with E-state index in [1.807, 2.05) is 57.2 Å². The van der Waals surface area contributed by atoms with Crippen LogP contribution in [0.3, 0.4) is 0 Å². The first kappa shape index (κ1) is 69.7. The van der Waals surface area contributed by atoms with E-state index >= 15 is 0 Å². The van der Waals surface area contributed by atoms with Gasteiger partial charge in [-0.25, -0.2) is 19.3 Å². The van der Waals surface area contributed by atoms with Crippen LogP contribution < -0.4 is 22.3 Å². The summed E-state index contributed by atoms with van der Waals surface area (Å²) in [5.74, 6) is 7.76. The summed E-state index contributed by atoms with van der Waals surface area (Å²) >= 11 is 13.1. The van der Waals surface area contributed by atoms with Gasteiger partial charge in [-0.15, -0.1) is 0 Å². The highest BCUT2D eigenvalue weighted by Gasteiger charge is 2.38. The Bertz CT molecular complexity index is 4120. The molecule has 20 nitrogen and oxygen atoms in total. The van der Waals surface area contributed by atoms with Gasteiger partial charge in [0.15, 0.2) is 0 Å². The Morgan fingerprint density at radius 3 is 1.42 bits per heavy atom. The number of amides is 4. The molecule has 25 heteroatoms. The molecule has 12 rings (SSSR count). The highest BCUT2D eigenvalue weighted by atomic mass is 35.5. The summed E-state index contributed by atoms with van der Waals surface area (Å²) in [5.41, 5.74) is 3.90. The highest BCUT2D eigenvalue weighted by molar-refractivity contribution is 7.74. The Morgan fingerprint density at radius 2 is 0.989 bits per heavy atom. The summed E-state index contributed by atoms with van der Waals surface area (Å²) in [4.78, 5) is 94.0. The van der Waals surface area contributed by atoms with Crippen molar-refractivity contribution in [2.75, 3.05) is 72.4 Å². The van der Waals surface area contributed by atoms with Crippen molar-refractivity contribution in [1.29, 1.82) is 0 Å². The molecule has 0 aliphatic carbocycles. The van der Waals surface area contributed by atoms with Gasteiger partial charge in [0.2, 0.25) is 0 Å². The lowest BCUT2D eigenvalue weighted by molar-refractivity contribution is -0.126. The number of aromatic nitrogens is 2. The van der Waals surface area contributed by atoms with Crippen LogP contribution in [0, 0.1) is 11.6 Å². The van der Waals surface area contributed by atoms with Crippen molar-refractivity contribution in [2.24, 2.45) is 5.90 Å². The van der Waals surface area contributed by atoms with Crippen molar-refractivity contribution >= 4 is 98.2 Å². The molecule has 4 aliphatic rings. The number of ether oxygens (including phenoxy) is 2. The average molecular weight is 1360 g/mol. The van der Waals surface area contributed by atoms with Gasteiger partial charge in [0.05, 0.1) is 50.0 Å². The zero-order valence-electron chi connectivity index (χ0n) is 53.6. The minimum atomic E-state index is -3.13. The number of ketones is 2. The Labute approximate surface area is 559 Å². The van der Waals surface area contributed by atoms with E-state index in [2.05, 4.69) is 21.7 Å². The number of H-pyrrole nitrogens is 1. The Hall–Kier alpha value is -8.15. The minimum Gasteiger partial charge on any atom is -0.380 e. The van der Waals surface area contributed by atoms with Crippen LogP contribution in [0.2, 0.25) is 10.0 Å². The molecule has 2 aromatic heterocycles. The molecular weight excluding hydrogens is 1280 g/mol. The average Bonchev–Trinajstić information content (AvgIpc) is 1.68. The molecule has 6 heterocycles. The Balaban J connectivity index is 0.000000169. The number of nitrogens with one attached hydrogen (secondary N) is 1. The van der Waals surface area contributed by atoms with Crippen LogP contribution in [0.25, 0.3) is 21.8 Å². The lowest BCUT2D eigenvalue weighted by Crippen LogP contribution is -2.57. The number of likely N-dealkylation sites (tertiary alicyclic amines) is 2. The molecule has 5 N–H and O–H groups in total.